The van der Waals surface area contributed by atoms with Crippen molar-refractivity contribution < 1.29 is 14.3 Å². The first-order chi connectivity index (χ1) is 11.9. The van der Waals surface area contributed by atoms with E-state index in [2.05, 4.69) is 32.5 Å². The smallest absolute Gasteiger partial charge is 0.408 e. The van der Waals surface area contributed by atoms with Crippen molar-refractivity contribution in [2.45, 2.75) is 38.8 Å². The third kappa shape index (κ3) is 6.25. The van der Waals surface area contributed by atoms with Crippen LogP contribution in [0.3, 0.4) is 0 Å². The van der Waals surface area contributed by atoms with E-state index in [-0.39, 0.29) is 0 Å². The summed E-state index contributed by atoms with van der Waals surface area (Å²) < 4.78 is 10.8. The fourth-order valence-corrected chi connectivity index (χ4v) is 2.09. The molecule has 0 saturated heterocycles. The molecule has 0 radical (unpaired) electrons. The van der Waals surface area contributed by atoms with E-state index >= 15 is 0 Å². The summed E-state index contributed by atoms with van der Waals surface area (Å²) in [5.74, 6) is 1.21. The summed E-state index contributed by atoms with van der Waals surface area (Å²) in [5, 5.41) is 16.5. The van der Waals surface area contributed by atoms with E-state index in [0.717, 1.165) is 11.3 Å². The molecule has 8 heteroatoms. The third-order valence-corrected chi connectivity index (χ3v) is 3.11. The molecule has 1 aromatic carbocycles. The Morgan fingerprint density at radius 3 is 2.64 bits per heavy atom. The molecule has 2 aromatic rings. The largest absolute Gasteiger partial charge is 0.490 e. The van der Waals surface area contributed by atoms with Gasteiger partial charge in [0.1, 0.15) is 18.0 Å². The average Bonchev–Trinajstić information content (AvgIpc) is 3.06. The number of ether oxygens (including phenoxy) is 2. The zero-order valence-electron chi connectivity index (χ0n) is 14.7. The lowest BCUT2D eigenvalue weighted by atomic mass is 10.1. The summed E-state index contributed by atoms with van der Waals surface area (Å²) in [5.41, 5.74) is 0.404. The minimum absolute atomic E-state index is 0.440. The number of amides is 1. The van der Waals surface area contributed by atoms with Crippen LogP contribution in [-0.2, 0) is 11.2 Å². The quantitative estimate of drug-likeness (QED) is 0.748. The fraction of sp³-hybridized carbons (Fsp3) is 0.412. The van der Waals surface area contributed by atoms with Crippen LogP contribution in [0.4, 0.5) is 4.79 Å². The number of carbonyl (C=O) groups excluding carboxylic acids is 1. The van der Waals surface area contributed by atoms with Gasteiger partial charge in [0.2, 0.25) is 0 Å². The van der Waals surface area contributed by atoms with Crippen molar-refractivity contribution >= 4 is 6.09 Å². The highest BCUT2D eigenvalue weighted by molar-refractivity contribution is 5.68. The van der Waals surface area contributed by atoms with Gasteiger partial charge in [0.15, 0.2) is 5.82 Å². The molecule has 0 saturated carbocycles. The van der Waals surface area contributed by atoms with Gasteiger partial charge in [0.05, 0.1) is 6.04 Å². The van der Waals surface area contributed by atoms with Crippen molar-refractivity contribution in [1.82, 2.24) is 25.9 Å². The number of nitrogens with zero attached hydrogens (tertiary/aromatic N) is 3. The summed E-state index contributed by atoms with van der Waals surface area (Å²) in [4.78, 5) is 12.1. The summed E-state index contributed by atoms with van der Waals surface area (Å²) in [6.45, 7) is 9.48. The van der Waals surface area contributed by atoms with Crippen LogP contribution < -0.4 is 10.1 Å². The standard InChI is InChI=1S/C17H23N5O3/c1-5-10-24-13-8-6-12(7-9-13)11-14(15-19-21-22-20-15)18-16(23)25-17(2,3)4/h5-9,14H,1,10-11H2,2-4H3,(H,18,23)(H,19,20,21,22)/t14-/m0/s1. The van der Waals surface area contributed by atoms with Crippen LogP contribution in [0.25, 0.3) is 0 Å². The number of hydrogen-bond donors (Lipinski definition) is 2. The topological polar surface area (TPSA) is 102 Å². The molecule has 134 valence electrons. The first kappa shape index (κ1) is 18.4. The van der Waals surface area contributed by atoms with Crippen molar-refractivity contribution in [2.24, 2.45) is 0 Å². The highest BCUT2D eigenvalue weighted by atomic mass is 16.6. The van der Waals surface area contributed by atoms with Gasteiger partial charge in [-0.3, -0.25) is 0 Å². The van der Waals surface area contributed by atoms with Gasteiger partial charge in [-0.1, -0.05) is 24.8 Å². The molecule has 0 bridgehead atoms. The Morgan fingerprint density at radius 1 is 1.36 bits per heavy atom. The van der Waals surface area contributed by atoms with Gasteiger partial charge in [0.25, 0.3) is 0 Å². The van der Waals surface area contributed by atoms with E-state index in [0.29, 0.717) is 18.9 Å². The van der Waals surface area contributed by atoms with E-state index in [4.69, 9.17) is 9.47 Å². The second-order valence-corrected chi connectivity index (χ2v) is 6.43. The molecule has 0 fully saturated rings. The average molecular weight is 345 g/mol. The number of nitrogens with one attached hydrogen (secondary N) is 2. The van der Waals surface area contributed by atoms with Crippen LogP contribution in [0.1, 0.15) is 38.2 Å². The normalized spacial score (nSPS) is 12.3. The minimum atomic E-state index is -0.585. The Labute approximate surface area is 146 Å². The van der Waals surface area contributed by atoms with Crippen molar-refractivity contribution in [3.8, 4) is 5.75 Å². The minimum Gasteiger partial charge on any atom is -0.490 e. The molecule has 2 N–H and O–H groups in total. The Balaban J connectivity index is 2.06. The van der Waals surface area contributed by atoms with Crippen LogP contribution in [-0.4, -0.2) is 38.9 Å². The zero-order valence-corrected chi connectivity index (χ0v) is 14.7. The lowest BCUT2D eigenvalue weighted by molar-refractivity contribution is 0.0501. The molecule has 1 atom stereocenters. The molecule has 8 nitrogen and oxygen atoms in total. The van der Waals surface area contributed by atoms with Crippen molar-refractivity contribution in [1.29, 1.82) is 0 Å². The predicted octanol–water partition coefficient (Wildman–Crippen LogP) is 2.57. The number of hydrogen-bond acceptors (Lipinski definition) is 6. The summed E-state index contributed by atoms with van der Waals surface area (Å²) >= 11 is 0. The van der Waals surface area contributed by atoms with Crippen LogP contribution in [0.5, 0.6) is 5.75 Å². The number of alkyl carbamates (subject to hydrolysis) is 1. The fourth-order valence-electron chi connectivity index (χ4n) is 2.09. The zero-order chi connectivity index (χ0) is 18.3. The molecular weight excluding hydrogens is 322 g/mol. The van der Waals surface area contributed by atoms with Gasteiger partial charge in [-0.05, 0) is 48.9 Å². The maximum Gasteiger partial charge on any atom is 0.408 e. The number of aromatic amines is 1. The summed E-state index contributed by atoms with van der Waals surface area (Å²) in [6.07, 6.45) is 1.66. The Hall–Kier alpha value is -2.90. The molecular formula is C17H23N5O3. The van der Waals surface area contributed by atoms with Gasteiger partial charge in [-0.25, -0.2) is 9.89 Å². The van der Waals surface area contributed by atoms with Crippen molar-refractivity contribution in [3.63, 3.8) is 0 Å². The van der Waals surface area contributed by atoms with Gasteiger partial charge in [-0.15, -0.1) is 5.10 Å². The molecule has 25 heavy (non-hydrogen) atoms. The monoisotopic (exact) mass is 345 g/mol. The van der Waals surface area contributed by atoms with Gasteiger partial charge < -0.3 is 14.8 Å². The van der Waals surface area contributed by atoms with Gasteiger partial charge >= 0.3 is 6.09 Å². The molecule has 0 unspecified atom stereocenters. The second kappa shape index (κ2) is 8.27. The van der Waals surface area contributed by atoms with Crippen LogP contribution >= 0.6 is 0 Å². The van der Waals surface area contributed by atoms with E-state index in [1.807, 2.05) is 24.3 Å². The van der Waals surface area contributed by atoms with Crippen LogP contribution in [0, 0.1) is 0 Å². The highest BCUT2D eigenvalue weighted by Crippen LogP contribution is 2.19. The first-order valence-corrected chi connectivity index (χ1v) is 7.93. The molecule has 0 aliphatic heterocycles. The van der Waals surface area contributed by atoms with E-state index in [9.17, 15) is 4.79 Å². The van der Waals surface area contributed by atoms with Crippen LogP contribution in [0.15, 0.2) is 36.9 Å². The number of carbonyl (C=O) groups is 1. The van der Waals surface area contributed by atoms with Crippen LogP contribution in [0.2, 0.25) is 0 Å². The predicted molar refractivity (Wildman–Crippen MR) is 92.1 cm³/mol. The van der Waals surface area contributed by atoms with E-state index in [1.54, 1.807) is 26.8 Å². The van der Waals surface area contributed by atoms with Crippen molar-refractivity contribution in [3.05, 3.63) is 48.3 Å². The highest BCUT2D eigenvalue weighted by Gasteiger charge is 2.23. The Morgan fingerprint density at radius 2 is 2.08 bits per heavy atom. The molecule has 0 spiro atoms. The number of aromatic nitrogens is 4. The third-order valence-electron chi connectivity index (χ3n) is 3.11. The number of tetrazole rings is 1. The number of rotatable bonds is 7. The maximum absolute atomic E-state index is 12.1. The molecule has 0 aliphatic carbocycles. The van der Waals surface area contributed by atoms with E-state index in [1.165, 1.54) is 0 Å². The lowest BCUT2D eigenvalue weighted by Gasteiger charge is -2.22. The van der Waals surface area contributed by atoms with Gasteiger partial charge in [-0.2, -0.15) is 0 Å². The maximum atomic E-state index is 12.1. The number of benzene rings is 1. The lowest BCUT2D eigenvalue weighted by Crippen LogP contribution is -2.36. The second-order valence-electron chi connectivity index (χ2n) is 6.43. The molecule has 1 heterocycles. The van der Waals surface area contributed by atoms with Gasteiger partial charge in [0, 0.05) is 6.42 Å². The Bertz CT molecular complexity index is 677. The number of H-pyrrole nitrogens is 1. The summed E-state index contributed by atoms with van der Waals surface area (Å²) in [6, 6.07) is 7.13. The molecule has 1 amide bonds. The molecule has 0 aliphatic rings. The summed E-state index contributed by atoms with van der Waals surface area (Å²) in [7, 11) is 0. The van der Waals surface area contributed by atoms with E-state index < -0.39 is 17.7 Å². The molecule has 2 rings (SSSR count). The SMILES string of the molecule is C=CCOc1ccc(C[C@H](NC(=O)OC(C)(C)C)c2nnn[nH]2)cc1. The van der Waals surface area contributed by atoms with Crippen molar-refractivity contribution in [2.75, 3.05) is 6.61 Å². The first-order valence-electron chi connectivity index (χ1n) is 7.93. The molecule has 1 aromatic heterocycles. The Kier molecular flexibility index (Phi) is 6.10.